The number of nitrogens with zero attached hydrogens (tertiary/aromatic N) is 1. The van der Waals surface area contributed by atoms with Crippen LogP contribution in [-0.2, 0) is 0 Å². The van der Waals surface area contributed by atoms with Crippen molar-refractivity contribution in [2.75, 3.05) is 5.32 Å². The van der Waals surface area contributed by atoms with Crippen molar-refractivity contribution >= 4 is 33.8 Å². The fraction of sp³-hybridized carbons (Fsp3) is 0.0625. The highest BCUT2D eigenvalue weighted by Crippen LogP contribution is 2.32. The fourth-order valence-electron chi connectivity index (χ4n) is 1.98. The van der Waals surface area contributed by atoms with Gasteiger partial charge in [-0.2, -0.15) is 0 Å². The summed E-state index contributed by atoms with van der Waals surface area (Å²) in [5.41, 5.74) is 2.77. The van der Waals surface area contributed by atoms with Crippen LogP contribution in [0.3, 0.4) is 0 Å². The van der Waals surface area contributed by atoms with Gasteiger partial charge in [0, 0.05) is 21.2 Å². The van der Waals surface area contributed by atoms with Gasteiger partial charge in [-0.1, -0.05) is 23.7 Å². The Morgan fingerprint density at radius 2 is 1.71 bits per heavy atom. The second-order valence-corrected chi connectivity index (χ2v) is 6.20. The lowest BCUT2D eigenvalue weighted by Crippen LogP contribution is -1.89. The van der Waals surface area contributed by atoms with E-state index in [2.05, 4.69) is 10.3 Å². The molecule has 0 radical (unpaired) electrons. The lowest BCUT2D eigenvalue weighted by atomic mass is 10.1. The summed E-state index contributed by atoms with van der Waals surface area (Å²) in [6, 6.07) is 13.8. The number of aryl methyl sites for hydroxylation is 1. The zero-order valence-electron chi connectivity index (χ0n) is 11.2. The summed E-state index contributed by atoms with van der Waals surface area (Å²) in [5.74, 6) is -0.252. The lowest BCUT2D eigenvalue weighted by molar-refractivity contribution is 0.628. The van der Waals surface area contributed by atoms with Gasteiger partial charge in [-0.15, -0.1) is 11.3 Å². The Morgan fingerprint density at radius 3 is 2.38 bits per heavy atom. The Balaban J connectivity index is 1.87. The molecular formula is C16H12ClFN2S. The first-order valence-corrected chi connectivity index (χ1v) is 7.57. The zero-order valence-corrected chi connectivity index (χ0v) is 12.8. The maximum absolute atomic E-state index is 12.9. The molecule has 0 saturated heterocycles. The summed E-state index contributed by atoms with van der Waals surface area (Å²) in [5, 5.41) is 4.67. The van der Waals surface area contributed by atoms with E-state index in [0.29, 0.717) is 5.02 Å². The molecule has 0 bridgehead atoms. The number of benzene rings is 2. The Labute approximate surface area is 131 Å². The number of aromatic nitrogens is 1. The third-order valence-electron chi connectivity index (χ3n) is 3.01. The second-order valence-electron chi connectivity index (χ2n) is 4.56. The summed E-state index contributed by atoms with van der Waals surface area (Å²) < 4.78 is 12.9. The number of nitrogens with one attached hydrogen (secondary N) is 1. The van der Waals surface area contributed by atoms with Crippen LogP contribution in [-0.4, -0.2) is 4.98 Å². The van der Waals surface area contributed by atoms with Gasteiger partial charge < -0.3 is 5.32 Å². The Kier molecular flexibility index (Phi) is 3.90. The predicted octanol–water partition coefficient (Wildman–Crippen LogP) is 5.65. The van der Waals surface area contributed by atoms with Crippen molar-refractivity contribution < 1.29 is 4.39 Å². The summed E-state index contributed by atoms with van der Waals surface area (Å²) in [6.07, 6.45) is 0. The largest absolute Gasteiger partial charge is 0.332 e. The molecule has 0 amide bonds. The Bertz CT molecular complexity index is 751. The summed E-state index contributed by atoms with van der Waals surface area (Å²) in [4.78, 5) is 5.71. The highest BCUT2D eigenvalue weighted by Gasteiger charge is 2.10. The number of rotatable bonds is 3. The van der Waals surface area contributed by atoms with Crippen LogP contribution in [0.15, 0.2) is 48.5 Å². The molecule has 2 nitrogen and oxygen atoms in total. The van der Waals surface area contributed by atoms with Crippen molar-refractivity contribution in [3.05, 3.63) is 64.2 Å². The quantitative estimate of drug-likeness (QED) is 0.674. The molecule has 0 spiro atoms. The van der Waals surface area contributed by atoms with E-state index >= 15 is 0 Å². The molecule has 0 aliphatic carbocycles. The van der Waals surface area contributed by atoms with Crippen LogP contribution in [0.5, 0.6) is 0 Å². The molecule has 1 aromatic heterocycles. The molecule has 2 aromatic carbocycles. The minimum absolute atomic E-state index is 0.252. The normalized spacial score (nSPS) is 10.6. The van der Waals surface area contributed by atoms with E-state index in [-0.39, 0.29) is 5.82 Å². The fourth-order valence-corrected chi connectivity index (χ4v) is 2.96. The molecule has 21 heavy (non-hydrogen) atoms. The number of halogens is 2. The summed E-state index contributed by atoms with van der Waals surface area (Å²) in [6.45, 7) is 2.03. The van der Waals surface area contributed by atoms with E-state index in [4.69, 9.17) is 11.6 Å². The van der Waals surface area contributed by atoms with Crippen LogP contribution < -0.4 is 5.32 Å². The minimum Gasteiger partial charge on any atom is -0.332 e. The third-order valence-corrected chi connectivity index (χ3v) is 4.15. The van der Waals surface area contributed by atoms with Crippen LogP contribution in [0.25, 0.3) is 11.3 Å². The molecular weight excluding hydrogens is 307 g/mol. The average molecular weight is 319 g/mol. The summed E-state index contributed by atoms with van der Waals surface area (Å²) >= 11 is 7.47. The van der Waals surface area contributed by atoms with Gasteiger partial charge in [0.05, 0.1) is 5.69 Å². The number of hydrogen-bond donors (Lipinski definition) is 1. The van der Waals surface area contributed by atoms with Crippen molar-refractivity contribution in [2.24, 2.45) is 0 Å². The molecule has 3 rings (SSSR count). The van der Waals surface area contributed by atoms with Gasteiger partial charge in [0.2, 0.25) is 0 Å². The van der Waals surface area contributed by atoms with E-state index in [1.807, 2.05) is 31.2 Å². The first kappa shape index (κ1) is 14.0. The van der Waals surface area contributed by atoms with E-state index in [1.165, 1.54) is 12.1 Å². The summed E-state index contributed by atoms with van der Waals surface area (Å²) in [7, 11) is 0. The first-order chi connectivity index (χ1) is 10.1. The van der Waals surface area contributed by atoms with Gasteiger partial charge >= 0.3 is 0 Å². The molecule has 0 unspecified atom stereocenters. The van der Waals surface area contributed by atoms with Crippen LogP contribution in [0, 0.1) is 12.7 Å². The van der Waals surface area contributed by atoms with Crippen molar-refractivity contribution in [1.82, 2.24) is 4.98 Å². The highest BCUT2D eigenvalue weighted by atomic mass is 35.5. The molecule has 3 aromatic rings. The molecule has 0 atom stereocenters. The lowest BCUT2D eigenvalue weighted by Gasteiger charge is -2.01. The number of anilines is 2. The molecule has 0 aliphatic rings. The predicted molar refractivity (Wildman–Crippen MR) is 87.0 cm³/mol. The monoisotopic (exact) mass is 318 g/mol. The van der Waals surface area contributed by atoms with Gasteiger partial charge in [0.1, 0.15) is 5.82 Å². The maximum atomic E-state index is 12.9. The van der Waals surface area contributed by atoms with Crippen LogP contribution in [0.1, 0.15) is 4.88 Å². The van der Waals surface area contributed by atoms with Crippen LogP contribution in [0.4, 0.5) is 15.2 Å². The smallest absolute Gasteiger partial charge is 0.187 e. The molecule has 0 aliphatic heterocycles. The third kappa shape index (κ3) is 3.23. The zero-order chi connectivity index (χ0) is 14.8. The van der Waals surface area contributed by atoms with Crippen molar-refractivity contribution in [2.45, 2.75) is 6.92 Å². The van der Waals surface area contributed by atoms with Crippen molar-refractivity contribution in [3.8, 4) is 11.3 Å². The highest BCUT2D eigenvalue weighted by molar-refractivity contribution is 7.16. The number of hydrogen-bond acceptors (Lipinski definition) is 3. The topological polar surface area (TPSA) is 24.9 Å². The SMILES string of the molecule is Cc1sc(Nc2ccc(F)cc2)nc1-c1ccc(Cl)cc1. The first-order valence-electron chi connectivity index (χ1n) is 6.38. The Morgan fingerprint density at radius 1 is 1.05 bits per heavy atom. The molecule has 1 heterocycles. The van der Waals surface area contributed by atoms with E-state index < -0.39 is 0 Å². The Hall–Kier alpha value is -1.91. The van der Waals surface area contributed by atoms with Crippen LogP contribution in [0.2, 0.25) is 5.02 Å². The van der Waals surface area contributed by atoms with Gasteiger partial charge in [-0.3, -0.25) is 0 Å². The van der Waals surface area contributed by atoms with E-state index in [1.54, 1.807) is 23.5 Å². The van der Waals surface area contributed by atoms with Gasteiger partial charge in [0.15, 0.2) is 5.13 Å². The van der Waals surface area contributed by atoms with E-state index in [9.17, 15) is 4.39 Å². The van der Waals surface area contributed by atoms with Crippen molar-refractivity contribution in [1.29, 1.82) is 0 Å². The van der Waals surface area contributed by atoms with Gasteiger partial charge in [-0.25, -0.2) is 9.37 Å². The molecule has 1 N–H and O–H groups in total. The van der Waals surface area contributed by atoms with Crippen molar-refractivity contribution in [3.63, 3.8) is 0 Å². The average Bonchev–Trinajstić information content (AvgIpc) is 2.83. The van der Waals surface area contributed by atoms with Gasteiger partial charge in [0.25, 0.3) is 0 Å². The van der Waals surface area contributed by atoms with E-state index in [0.717, 1.165) is 27.0 Å². The second kappa shape index (κ2) is 5.84. The number of thiazole rings is 1. The molecule has 5 heteroatoms. The molecule has 106 valence electrons. The standard InChI is InChI=1S/C16H12ClFN2S/c1-10-15(11-2-4-12(17)5-3-11)20-16(21-10)19-14-8-6-13(18)7-9-14/h2-9H,1H3,(H,19,20). The van der Waals surface area contributed by atoms with Gasteiger partial charge in [-0.05, 0) is 43.3 Å². The minimum atomic E-state index is -0.252. The molecule has 0 saturated carbocycles. The molecule has 0 fully saturated rings. The maximum Gasteiger partial charge on any atom is 0.187 e. The van der Waals surface area contributed by atoms with Crippen LogP contribution >= 0.6 is 22.9 Å².